The van der Waals surface area contributed by atoms with E-state index in [1.165, 1.54) is 16.4 Å². The van der Waals surface area contributed by atoms with Crippen molar-refractivity contribution in [2.24, 2.45) is 0 Å². The van der Waals surface area contributed by atoms with E-state index in [1.807, 2.05) is 18.2 Å². The molecule has 0 N–H and O–H groups in total. The molecule has 1 aromatic rings. The summed E-state index contributed by atoms with van der Waals surface area (Å²) >= 11 is 4.03. The second-order valence-corrected chi connectivity index (χ2v) is 3.47. The molecule has 0 atom stereocenters. The summed E-state index contributed by atoms with van der Waals surface area (Å²) in [7, 11) is 1.53. The Morgan fingerprint density at radius 1 is 1.27 bits per heavy atom. The Kier molecular flexibility index (Phi) is 4.24. The molecule has 0 nitrogen and oxygen atoms in total. The van der Waals surface area contributed by atoms with Crippen LogP contribution in [0.5, 0.6) is 0 Å². The highest BCUT2D eigenvalue weighted by atomic mass is 33.1. The highest BCUT2D eigenvalue weighted by Gasteiger charge is 1.80. The van der Waals surface area contributed by atoms with Crippen molar-refractivity contribution in [2.45, 2.75) is 0 Å². The summed E-state index contributed by atoms with van der Waals surface area (Å²) in [5, 5.41) is 0. The second-order valence-electron chi connectivity index (χ2n) is 2.11. The average Bonchev–Trinajstić information content (AvgIpc) is 2.07. The SMILES string of the molecule is SSCC=Cc1ccccc1. The van der Waals surface area contributed by atoms with E-state index in [1.54, 1.807) is 0 Å². The van der Waals surface area contributed by atoms with E-state index in [0.717, 1.165) is 5.75 Å². The minimum absolute atomic E-state index is 0.956. The van der Waals surface area contributed by atoms with Gasteiger partial charge in [0.25, 0.3) is 0 Å². The molecule has 0 saturated carbocycles. The Hall–Kier alpha value is -0.340. The summed E-state index contributed by atoms with van der Waals surface area (Å²) in [6, 6.07) is 10.3. The zero-order chi connectivity index (χ0) is 7.94. The van der Waals surface area contributed by atoms with Crippen LogP contribution in [0.3, 0.4) is 0 Å². The third-order valence-corrected chi connectivity index (χ3v) is 2.07. The van der Waals surface area contributed by atoms with Crippen LogP contribution in [-0.4, -0.2) is 5.75 Å². The standard InChI is InChI=1S/C9H10S2/c10-11-8-4-7-9-5-2-1-3-6-9/h1-7,10H,8H2. The monoisotopic (exact) mass is 182 g/mol. The van der Waals surface area contributed by atoms with Crippen LogP contribution < -0.4 is 0 Å². The molecular formula is C9H10S2. The van der Waals surface area contributed by atoms with E-state index in [0.29, 0.717) is 0 Å². The third kappa shape index (κ3) is 3.54. The zero-order valence-electron chi connectivity index (χ0n) is 6.10. The molecule has 0 aromatic heterocycles. The van der Waals surface area contributed by atoms with Crippen LogP contribution in [0.25, 0.3) is 6.08 Å². The molecule has 11 heavy (non-hydrogen) atoms. The van der Waals surface area contributed by atoms with E-state index < -0.39 is 0 Å². The van der Waals surface area contributed by atoms with Gasteiger partial charge in [-0.15, -0.1) is 11.7 Å². The van der Waals surface area contributed by atoms with Crippen LogP contribution in [0.4, 0.5) is 0 Å². The zero-order valence-corrected chi connectivity index (χ0v) is 7.81. The molecule has 0 radical (unpaired) electrons. The first-order chi connectivity index (χ1) is 5.43. The maximum Gasteiger partial charge on any atom is 0.0218 e. The summed E-state index contributed by atoms with van der Waals surface area (Å²) in [5.74, 6) is 0.956. The maximum absolute atomic E-state index is 4.03. The lowest BCUT2D eigenvalue weighted by Gasteiger charge is -1.89. The van der Waals surface area contributed by atoms with Gasteiger partial charge in [-0.2, -0.15) is 0 Å². The number of rotatable bonds is 3. The fraction of sp³-hybridized carbons (Fsp3) is 0.111. The minimum atomic E-state index is 0.956. The van der Waals surface area contributed by atoms with Crippen molar-refractivity contribution in [2.75, 3.05) is 5.75 Å². The van der Waals surface area contributed by atoms with Crippen molar-refractivity contribution in [3.63, 3.8) is 0 Å². The molecule has 0 heterocycles. The molecule has 0 fully saturated rings. The van der Waals surface area contributed by atoms with Gasteiger partial charge in [0.1, 0.15) is 0 Å². The van der Waals surface area contributed by atoms with Crippen LogP contribution >= 0.6 is 22.5 Å². The number of thiol groups is 1. The average molecular weight is 182 g/mol. The first-order valence-corrected chi connectivity index (χ1v) is 5.45. The van der Waals surface area contributed by atoms with Crippen LogP contribution in [-0.2, 0) is 0 Å². The van der Waals surface area contributed by atoms with Crippen LogP contribution in [0, 0.1) is 0 Å². The van der Waals surface area contributed by atoms with Gasteiger partial charge in [0.2, 0.25) is 0 Å². The molecule has 2 heteroatoms. The van der Waals surface area contributed by atoms with Gasteiger partial charge in [-0.25, -0.2) is 0 Å². The van der Waals surface area contributed by atoms with E-state index in [4.69, 9.17) is 0 Å². The quantitative estimate of drug-likeness (QED) is 0.553. The van der Waals surface area contributed by atoms with Crippen molar-refractivity contribution in [1.82, 2.24) is 0 Å². The Bertz CT molecular complexity index is 216. The molecule has 0 unspecified atom stereocenters. The first kappa shape index (κ1) is 8.75. The van der Waals surface area contributed by atoms with E-state index in [2.05, 4.69) is 35.9 Å². The fourth-order valence-corrected chi connectivity index (χ4v) is 1.23. The molecular weight excluding hydrogens is 172 g/mol. The highest BCUT2D eigenvalue weighted by molar-refractivity contribution is 8.68. The number of hydrogen-bond acceptors (Lipinski definition) is 2. The molecule has 58 valence electrons. The van der Waals surface area contributed by atoms with Gasteiger partial charge in [0.05, 0.1) is 0 Å². The summed E-state index contributed by atoms with van der Waals surface area (Å²) in [5.41, 5.74) is 1.25. The van der Waals surface area contributed by atoms with Crippen molar-refractivity contribution in [3.8, 4) is 0 Å². The van der Waals surface area contributed by atoms with E-state index >= 15 is 0 Å². The van der Waals surface area contributed by atoms with Gasteiger partial charge in [-0.3, -0.25) is 0 Å². The van der Waals surface area contributed by atoms with Crippen molar-refractivity contribution in [1.29, 1.82) is 0 Å². The lowest BCUT2D eigenvalue weighted by molar-refractivity contribution is 1.65. The molecule has 0 spiro atoms. The van der Waals surface area contributed by atoms with Crippen LogP contribution in [0.1, 0.15) is 5.56 Å². The van der Waals surface area contributed by atoms with Crippen LogP contribution in [0.2, 0.25) is 0 Å². The molecule has 0 saturated heterocycles. The fourth-order valence-electron chi connectivity index (χ4n) is 0.791. The lowest BCUT2D eigenvalue weighted by atomic mass is 10.2. The van der Waals surface area contributed by atoms with Gasteiger partial charge in [-0.1, -0.05) is 53.3 Å². The number of hydrogen-bond donors (Lipinski definition) is 1. The molecule has 0 aliphatic heterocycles. The lowest BCUT2D eigenvalue weighted by Crippen LogP contribution is -1.69. The van der Waals surface area contributed by atoms with Crippen molar-refractivity contribution >= 4 is 28.5 Å². The highest BCUT2D eigenvalue weighted by Crippen LogP contribution is 2.06. The Labute approximate surface area is 76.5 Å². The van der Waals surface area contributed by atoms with Gasteiger partial charge in [0.15, 0.2) is 0 Å². The summed E-state index contributed by atoms with van der Waals surface area (Å²) in [6.45, 7) is 0. The van der Waals surface area contributed by atoms with Crippen molar-refractivity contribution < 1.29 is 0 Å². The Morgan fingerprint density at radius 3 is 2.64 bits per heavy atom. The Balaban J connectivity index is 2.50. The summed E-state index contributed by atoms with van der Waals surface area (Å²) < 4.78 is 0. The summed E-state index contributed by atoms with van der Waals surface area (Å²) in [4.78, 5) is 0. The molecule has 0 bridgehead atoms. The normalized spacial score (nSPS) is 10.6. The second kappa shape index (κ2) is 5.33. The molecule has 1 aromatic carbocycles. The first-order valence-electron chi connectivity index (χ1n) is 3.41. The predicted octanol–water partition coefficient (Wildman–Crippen LogP) is 3.28. The molecule has 1 rings (SSSR count). The molecule has 0 aliphatic rings. The number of benzene rings is 1. The maximum atomic E-state index is 4.03. The van der Waals surface area contributed by atoms with Gasteiger partial charge >= 0.3 is 0 Å². The Morgan fingerprint density at radius 2 is 2.00 bits per heavy atom. The molecule has 0 aliphatic carbocycles. The van der Waals surface area contributed by atoms with Crippen LogP contribution in [0.15, 0.2) is 36.4 Å². The van der Waals surface area contributed by atoms with Gasteiger partial charge in [-0.05, 0) is 5.56 Å². The predicted molar refractivity (Wildman–Crippen MR) is 56.9 cm³/mol. The van der Waals surface area contributed by atoms with Gasteiger partial charge < -0.3 is 0 Å². The van der Waals surface area contributed by atoms with E-state index in [-0.39, 0.29) is 0 Å². The van der Waals surface area contributed by atoms with Crippen molar-refractivity contribution in [3.05, 3.63) is 42.0 Å². The smallest absolute Gasteiger partial charge is 0.0218 e. The third-order valence-electron chi connectivity index (χ3n) is 1.28. The summed E-state index contributed by atoms with van der Waals surface area (Å²) in [6.07, 6.45) is 4.20. The topological polar surface area (TPSA) is 0 Å². The van der Waals surface area contributed by atoms with Gasteiger partial charge in [0, 0.05) is 5.75 Å². The molecule has 0 amide bonds. The minimum Gasteiger partial charge on any atom is -0.111 e. The largest absolute Gasteiger partial charge is 0.111 e. The van der Waals surface area contributed by atoms with E-state index in [9.17, 15) is 0 Å².